The molecule has 3 aromatic rings. The summed E-state index contributed by atoms with van der Waals surface area (Å²) in [6.45, 7) is 3.47. The smallest absolute Gasteiger partial charge is 0.256 e. The van der Waals surface area contributed by atoms with Crippen molar-refractivity contribution in [2.24, 2.45) is 0 Å². The summed E-state index contributed by atoms with van der Waals surface area (Å²) in [6.07, 6.45) is -1.24. The molecule has 172 valence electrons. The number of hydrogen-bond acceptors (Lipinski definition) is 4. The van der Waals surface area contributed by atoms with E-state index in [9.17, 15) is 9.90 Å². The molecule has 33 heavy (non-hydrogen) atoms. The first-order chi connectivity index (χ1) is 15.9. The topological polar surface area (TPSA) is 53.0 Å². The zero-order chi connectivity index (χ0) is 23.5. The molecule has 1 fully saturated rings. The Balaban J connectivity index is 1.61. The van der Waals surface area contributed by atoms with Gasteiger partial charge in [-0.25, -0.2) is 0 Å². The van der Waals surface area contributed by atoms with Crippen molar-refractivity contribution in [3.63, 3.8) is 0 Å². The van der Waals surface area contributed by atoms with E-state index in [1.165, 1.54) is 0 Å². The highest BCUT2D eigenvalue weighted by atomic mass is 35.5. The van der Waals surface area contributed by atoms with Gasteiger partial charge in [-0.15, -0.1) is 0 Å². The van der Waals surface area contributed by atoms with Gasteiger partial charge in [0, 0.05) is 24.7 Å². The molecule has 1 saturated heterocycles. The van der Waals surface area contributed by atoms with Crippen LogP contribution in [-0.2, 0) is 4.79 Å². The molecule has 2 atom stereocenters. The lowest BCUT2D eigenvalue weighted by molar-refractivity contribution is -0.141. The molecular formula is C26H26Cl2N2O3. The maximum atomic E-state index is 13.2. The van der Waals surface area contributed by atoms with Crippen LogP contribution in [0.5, 0.6) is 5.75 Å². The van der Waals surface area contributed by atoms with Gasteiger partial charge in [-0.3, -0.25) is 4.79 Å². The van der Waals surface area contributed by atoms with Gasteiger partial charge in [0.25, 0.3) is 5.91 Å². The number of benzene rings is 3. The van der Waals surface area contributed by atoms with E-state index in [4.69, 9.17) is 27.9 Å². The monoisotopic (exact) mass is 484 g/mol. The number of aliphatic hydroxyl groups is 1. The van der Waals surface area contributed by atoms with Gasteiger partial charge in [-0.05, 0) is 60.0 Å². The van der Waals surface area contributed by atoms with Crippen LogP contribution in [0.25, 0.3) is 0 Å². The molecule has 0 spiro atoms. The molecule has 1 N–H and O–H groups in total. The first-order valence-electron chi connectivity index (χ1n) is 10.8. The molecular weight excluding hydrogens is 459 g/mol. The van der Waals surface area contributed by atoms with Gasteiger partial charge >= 0.3 is 0 Å². The summed E-state index contributed by atoms with van der Waals surface area (Å²) in [6, 6.07) is 20.4. The van der Waals surface area contributed by atoms with E-state index in [1.807, 2.05) is 49.4 Å². The number of ether oxygens (including phenoxy) is 1. The summed E-state index contributed by atoms with van der Waals surface area (Å²) < 4.78 is 5.17. The maximum absolute atomic E-state index is 13.2. The molecule has 5 nitrogen and oxygen atoms in total. The lowest BCUT2D eigenvalue weighted by atomic mass is 9.99. The average Bonchev–Trinajstić information content (AvgIpc) is 2.83. The van der Waals surface area contributed by atoms with Crippen LogP contribution in [0.3, 0.4) is 0 Å². The summed E-state index contributed by atoms with van der Waals surface area (Å²) in [5.41, 5.74) is 3.56. The number of carbonyl (C=O) groups excluding carboxylic acids is 1. The normalized spacial score (nSPS) is 17.1. The zero-order valence-electron chi connectivity index (χ0n) is 18.5. The molecule has 0 aromatic heterocycles. The minimum absolute atomic E-state index is 0.136. The second-order valence-electron chi connectivity index (χ2n) is 8.18. The summed E-state index contributed by atoms with van der Waals surface area (Å²) >= 11 is 12.7. The minimum Gasteiger partial charge on any atom is -0.497 e. The zero-order valence-corrected chi connectivity index (χ0v) is 20.1. The standard InChI is InChI=1S/C26H26Cl2N2O3/c1-17-3-12-23(22(28)15-17)30-14-13-29(16-24(30)18-4-8-20(27)9-5-18)26(32)25(31)19-6-10-21(33-2)11-7-19/h3-12,15,24-25,31H,13-14,16H2,1-2H3/t24-,25?/m0/s1. The largest absolute Gasteiger partial charge is 0.497 e. The molecule has 1 aliphatic heterocycles. The van der Waals surface area contributed by atoms with Crippen LogP contribution < -0.4 is 9.64 Å². The van der Waals surface area contributed by atoms with Crippen LogP contribution in [0.2, 0.25) is 10.0 Å². The van der Waals surface area contributed by atoms with Crippen LogP contribution in [-0.4, -0.2) is 42.7 Å². The molecule has 1 amide bonds. The number of hydrogen-bond donors (Lipinski definition) is 1. The molecule has 0 aliphatic carbocycles. The van der Waals surface area contributed by atoms with Crippen LogP contribution in [0.15, 0.2) is 66.7 Å². The van der Waals surface area contributed by atoms with Gasteiger partial charge in [0.05, 0.1) is 23.9 Å². The SMILES string of the molecule is COc1ccc(C(O)C(=O)N2CCN(c3ccc(C)cc3Cl)[C@H](c3ccc(Cl)cc3)C2)cc1. The van der Waals surface area contributed by atoms with Crippen molar-refractivity contribution in [1.29, 1.82) is 0 Å². The highest BCUT2D eigenvalue weighted by molar-refractivity contribution is 6.33. The Morgan fingerprint density at radius 1 is 1.03 bits per heavy atom. The van der Waals surface area contributed by atoms with Crippen molar-refractivity contribution in [3.05, 3.63) is 93.5 Å². The van der Waals surface area contributed by atoms with Crippen molar-refractivity contribution in [2.75, 3.05) is 31.6 Å². The number of anilines is 1. The summed E-state index contributed by atoms with van der Waals surface area (Å²) in [5.74, 6) is 0.346. The van der Waals surface area contributed by atoms with Crippen LogP contribution in [0, 0.1) is 6.92 Å². The predicted molar refractivity (Wildman–Crippen MR) is 132 cm³/mol. The maximum Gasteiger partial charge on any atom is 0.256 e. The Kier molecular flexibility index (Phi) is 7.13. The second kappa shape index (κ2) is 10.0. The second-order valence-corrected chi connectivity index (χ2v) is 9.02. The van der Waals surface area contributed by atoms with Crippen LogP contribution in [0.4, 0.5) is 5.69 Å². The number of rotatable bonds is 5. The summed E-state index contributed by atoms with van der Waals surface area (Å²) in [7, 11) is 1.58. The first-order valence-corrected chi connectivity index (χ1v) is 11.5. The fraction of sp³-hybridized carbons (Fsp3) is 0.269. The van der Waals surface area contributed by atoms with Gasteiger partial charge in [0.2, 0.25) is 0 Å². The lowest BCUT2D eigenvalue weighted by Gasteiger charge is -2.44. The van der Waals surface area contributed by atoms with Crippen molar-refractivity contribution in [1.82, 2.24) is 4.90 Å². The molecule has 1 aliphatic rings. The quantitative estimate of drug-likeness (QED) is 0.524. The fourth-order valence-corrected chi connectivity index (χ4v) is 4.66. The van der Waals surface area contributed by atoms with Crippen LogP contribution in [0.1, 0.15) is 28.8 Å². The van der Waals surface area contributed by atoms with Gasteiger partial charge in [0.15, 0.2) is 6.10 Å². The van der Waals surface area contributed by atoms with Gasteiger partial charge in [0.1, 0.15) is 5.75 Å². The Labute approximate surface area is 204 Å². The summed E-state index contributed by atoms with van der Waals surface area (Å²) in [4.78, 5) is 17.1. The molecule has 0 bridgehead atoms. The Morgan fingerprint density at radius 3 is 2.36 bits per heavy atom. The molecule has 1 heterocycles. The van der Waals surface area contributed by atoms with E-state index in [1.54, 1.807) is 36.3 Å². The fourth-order valence-electron chi connectivity index (χ4n) is 4.19. The number of methoxy groups -OCH3 is 1. The predicted octanol–water partition coefficient (Wildman–Crippen LogP) is 5.43. The summed E-state index contributed by atoms with van der Waals surface area (Å²) in [5, 5.41) is 12.1. The Morgan fingerprint density at radius 2 is 1.73 bits per heavy atom. The number of carbonyl (C=O) groups is 1. The number of amides is 1. The van der Waals surface area contributed by atoms with E-state index in [0.29, 0.717) is 41.0 Å². The molecule has 7 heteroatoms. The lowest BCUT2D eigenvalue weighted by Crippen LogP contribution is -2.51. The van der Waals surface area contributed by atoms with E-state index in [-0.39, 0.29) is 11.9 Å². The molecule has 0 saturated carbocycles. The number of aliphatic hydroxyl groups excluding tert-OH is 1. The highest BCUT2D eigenvalue weighted by Gasteiger charge is 2.34. The van der Waals surface area contributed by atoms with Gasteiger partial charge in [-0.1, -0.05) is 53.5 Å². The average molecular weight is 485 g/mol. The number of aryl methyl sites for hydroxylation is 1. The molecule has 0 radical (unpaired) electrons. The van der Waals surface area contributed by atoms with E-state index in [0.717, 1.165) is 16.8 Å². The molecule has 4 rings (SSSR count). The number of piperazine rings is 1. The van der Waals surface area contributed by atoms with Crippen molar-refractivity contribution in [2.45, 2.75) is 19.1 Å². The van der Waals surface area contributed by atoms with Gasteiger partial charge < -0.3 is 19.6 Å². The third kappa shape index (κ3) is 5.11. The van der Waals surface area contributed by atoms with Crippen molar-refractivity contribution in [3.8, 4) is 5.75 Å². The van der Waals surface area contributed by atoms with E-state index in [2.05, 4.69) is 4.90 Å². The minimum atomic E-state index is -1.24. The first kappa shape index (κ1) is 23.4. The Bertz CT molecular complexity index is 1120. The van der Waals surface area contributed by atoms with E-state index >= 15 is 0 Å². The Hall–Kier alpha value is -2.73. The van der Waals surface area contributed by atoms with Gasteiger partial charge in [-0.2, -0.15) is 0 Å². The van der Waals surface area contributed by atoms with E-state index < -0.39 is 6.10 Å². The molecule has 1 unspecified atom stereocenters. The number of nitrogens with zero attached hydrogens (tertiary/aromatic N) is 2. The third-order valence-electron chi connectivity index (χ3n) is 6.02. The number of halogens is 2. The highest BCUT2D eigenvalue weighted by Crippen LogP contribution is 2.36. The van der Waals surface area contributed by atoms with Crippen molar-refractivity contribution >= 4 is 34.8 Å². The third-order valence-corrected chi connectivity index (χ3v) is 6.58. The molecule has 3 aromatic carbocycles. The van der Waals surface area contributed by atoms with Crippen LogP contribution >= 0.6 is 23.2 Å². The van der Waals surface area contributed by atoms with Crippen molar-refractivity contribution < 1.29 is 14.6 Å².